The van der Waals surface area contributed by atoms with Gasteiger partial charge >= 0.3 is 0 Å². The highest BCUT2D eigenvalue weighted by Crippen LogP contribution is 2.25. The van der Waals surface area contributed by atoms with E-state index in [1.165, 1.54) is 6.07 Å². The van der Waals surface area contributed by atoms with Crippen molar-refractivity contribution in [3.8, 4) is 5.75 Å². The van der Waals surface area contributed by atoms with Crippen LogP contribution in [0.2, 0.25) is 0 Å². The van der Waals surface area contributed by atoms with Crippen LogP contribution in [-0.4, -0.2) is 27.0 Å². The predicted molar refractivity (Wildman–Crippen MR) is 80.7 cm³/mol. The van der Waals surface area contributed by atoms with Crippen molar-refractivity contribution in [2.45, 2.75) is 45.1 Å². The lowest BCUT2D eigenvalue weighted by Gasteiger charge is -2.13. The van der Waals surface area contributed by atoms with Gasteiger partial charge in [-0.2, -0.15) is 0 Å². The minimum atomic E-state index is -3.74. The molecule has 1 aromatic rings. The van der Waals surface area contributed by atoms with Crippen LogP contribution in [0.1, 0.15) is 31.4 Å². The van der Waals surface area contributed by atoms with Gasteiger partial charge in [-0.15, -0.1) is 0 Å². The summed E-state index contributed by atoms with van der Waals surface area (Å²) in [6.07, 6.45) is 0.244. The first-order valence-electron chi connectivity index (χ1n) is 6.67. The van der Waals surface area contributed by atoms with Gasteiger partial charge in [-0.25, -0.2) is 13.6 Å². The molecule has 118 valence electrons. The third-order valence-corrected chi connectivity index (χ3v) is 3.87. The number of hydrogen-bond acceptors (Lipinski definition) is 4. The molecule has 7 heteroatoms. The van der Waals surface area contributed by atoms with E-state index in [-0.39, 0.29) is 29.9 Å². The van der Waals surface area contributed by atoms with Crippen molar-refractivity contribution in [1.29, 1.82) is 0 Å². The second-order valence-electron chi connectivity index (χ2n) is 5.25. The average molecular weight is 314 g/mol. The molecule has 1 rings (SSSR count). The molecule has 0 unspecified atom stereocenters. The number of aryl methyl sites for hydroxylation is 2. The molecule has 0 bridgehead atoms. The van der Waals surface area contributed by atoms with Crippen LogP contribution in [0.5, 0.6) is 5.75 Å². The largest absolute Gasteiger partial charge is 0.493 e. The molecule has 1 aromatic carbocycles. The van der Waals surface area contributed by atoms with Crippen molar-refractivity contribution >= 4 is 15.9 Å². The average Bonchev–Trinajstić information content (AvgIpc) is 2.30. The molecule has 6 nitrogen and oxygen atoms in total. The SMILES string of the molecule is Cc1cc(S(N)(=O)=O)c(C)cc1OCCC(=O)NC(C)C. The number of hydrogen-bond donors (Lipinski definition) is 2. The van der Waals surface area contributed by atoms with E-state index in [0.29, 0.717) is 16.9 Å². The summed E-state index contributed by atoms with van der Waals surface area (Å²) < 4.78 is 28.4. The fourth-order valence-electron chi connectivity index (χ4n) is 1.87. The number of carbonyl (C=O) groups is 1. The third kappa shape index (κ3) is 5.35. The fraction of sp³-hybridized carbons (Fsp3) is 0.500. The molecule has 0 atom stereocenters. The minimum absolute atomic E-state index is 0.0828. The second-order valence-corrected chi connectivity index (χ2v) is 6.78. The zero-order chi connectivity index (χ0) is 16.2. The number of amides is 1. The van der Waals surface area contributed by atoms with E-state index in [1.807, 2.05) is 13.8 Å². The van der Waals surface area contributed by atoms with Crippen LogP contribution in [0, 0.1) is 13.8 Å². The van der Waals surface area contributed by atoms with Crippen molar-refractivity contribution in [3.63, 3.8) is 0 Å². The number of sulfonamides is 1. The maximum absolute atomic E-state index is 11.5. The van der Waals surface area contributed by atoms with Crippen LogP contribution < -0.4 is 15.2 Å². The molecule has 0 saturated heterocycles. The Morgan fingerprint density at radius 1 is 1.29 bits per heavy atom. The standard InChI is InChI=1S/C14H22N2O4S/c1-9(2)16-14(17)5-6-20-12-7-11(4)13(8-10(12)3)21(15,18)19/h7-9H,5-6H2,1-4H3,(H,16,17)(H2,15,18,19). The molecule has 0 aliphatic heterocycles. The molecule has 0 radical (unpaired) electrons. The summed E-state index contributed by atoms with van der Waals surface area (Å²) in [5.74, 6) is 0.470. The Labute approximate surface area is 125 Å². The molecular weight excluding hydrogens is 292 g/mol. The predicted octanol–water partition coefficient (Wildman–Crippen LogP) is 1.24. The lowest BCUT2D eigenvalue weighted by Crippen LogP contribution is -2.31. The quantitative estimate of drug-likeness (QED) is 0.825. The van der Waals surface area contributed by atoms with Gasteiger partial charge in [-0.1, -0.05) is 0 Å². The maximum Gasteiger partial charge on any atom is 0.238 e. The lowest BCUT2D eigenvalue weighted by atomic mass is 10.1. The lowest BCUT2D eigenvalue weighted by molar-refractivity contribution is -0.122. The Bertz CT molecular complexity index is 624. The molecule has 1 amide bonds. The molecule has 0 aliphatic rings. The van der Waals surface area contributed by atoms with Crippen molar-refractivity contribution in [3.05, 3.63) is 23.3 Å². The first kappa shape index (κ1) is 17.5. The third-order valence-electron chi connectivity index (χ3n) is 2.82. The van der Waals surface area contributed by atoms with Crippen LogP contribution in [0.25, 0.3) is 0 Å². The fourth-order valence-corrected chi connectivity index (χ4v) is 2.72. The topological polar surface area (TPSA) is 98.5 Å². The van der Waals surface area contributed by atoms with Gasteiger partial charge in [-0.3, -0.25) is 4.79 Å². The van der Waals surface area contributed by atoms with Crippen LogP contribution >= 0.6 is 0 Å². The summed E-state index contributed by atoms with van der Waals surface area (Å²) in [6.45, 7) is 7.39. The molecule has 0 saturated carbocycles. The molecule has 0 heterocycles. The van der Waals surface area contributed by atoms with Crippen LogP contribution in [0.15, 0.2) is 17.0 Å². The Morgan fingerprint density at radius 2 is 1.90 bits per heavy atom. The molecule has 0 aromatic heterocycles. The zero-order valence-corrected chi connectivity index (χ0v) is 13.6. The van der Waals surface area contributed by atoms with Crippen molar-refractivity contribution < 1.29 is 17.9 Å². The van der Waals surface area contributed by atoms with Gasteiger partial charge < -0.3 is 10.1 Å². The van der Waals surface area contributed by atoms with Gasteiger partial charge in [0.15, 0.2) is 0 Å². The van der Waals surface area contributed by atoms with E-state index in [9.17, 15) is 13.2 Å². The summed E-state index contributed by atoms with van der Waals surface area (Å²) in [5.41, 5.74) is 1.18. The number of benzene rings is 1. The van der Waals surface area contributed by atoms with Crippen molar-refractivity contribution in [1.82, 2.24) is 5.32 Å². The van der Waals surface area contributed by atoms with Crippen molar-refractivity contribution in [2.75, 3.05) is 6.61 Å². The smallest absolute Gasteiger partial charge is 0.238 e. The summed E-state index contributed by atoms with van der Waals surface area (Å²) in [7, 11) is -3.74. The summed E-state index contributed by atoms with van der Waals surface area (Å²) in [4.78, 5) is 11.6. The van der Waals surface area contributed by atoms with E-state index in [1.54, 1.807) is 19.9 Å². The van der Waals surface area contributed by atoms with Gasteiger partial charge in [0.05, 0.1) is 17.9 Å². The number of primary sulfonamides is 1. The maximum atomic E-state index is 11.5. The summed E-state index contributed by atoms with van der Waals surface area (Å²) in [6, 6.07) is 3.19. The minimum Gasteiger partial charge on any atom is -0.493 e. The van der Waals surface area contributed by atoms with Crippen LogP contribution in [0.3, 0.4) is 0 Å². The van der Waals surface area contributed by atoms with E-state index >= 15 is 0 Å². The van der Waals surface area contributed by atoms with Crippen LogP contribution in [-0.2, 0) is 14.8 Å². The van der Waals surface area contributed by atoms with Gasteiger partial charge in [0, 0.05) is 6.04 Å². The Hall–Kier alpha value is -1.60. The summed E-state index contributed by atoms with van der Waals surface area (Å²) in [5, 5.41) is 7.91. The highest BCUT2D eigenvalue weighted by Gasteiger charge is 2.14. The van der Waals surface area contributed by atoms with Gasteiger partial charge in [-0.05, 0) is 51.0 Å². The normalized spacial score (nSPS) is 11.5. The van der Waals surface area contributed by atoms with E-state index < -0.39 is 10.0 Å². The Balaban J connectivity index is 2.74. The van der Waals surface area contributed by atoms with E-state index in [4.69, 9.17) is 9.88 Å². The molecule has 0 fully saturated rings. The van der Waals surface area contributed by atoms with Crippen LogP contribution in [0.4, 0.5) is 0 Å². The van der Waals surface area contributed by atoms with E-state index in [2.05, 4.69) is 5.32 Å². The number of ether oxygens (including phenoxy) is 1. The molecule has 21 heavy (non-hydrogen) atoms. The Morgan fingerprint density at radius 3 is 2.43 bits per heavy atom. The Kier molecular flexibility index (Phi) is 5.74. The highest BCUT2D eigenvalue weighted by atomic mass is 32.2. The molecule has 3 N–H and O–H groups in total. The van der Waals surface area contributed by atoms with Crippen molar-refractivity contribution in [2.24, 2.45) is 5.14 Å². The van der Waals surface area contributed by atoms with E-state index in [0.717, 1.165) is 0 Å². The molecule has 0 spiro atoms. The summed E-state index contributed by atoms with van der Waals surface area (Å²) >= 11 is 0. The number of nitrogens with one attached hydrogen (secondary N) is 1. The highest BCUT2D eigenvalue weighted by molar-refractivity contribution is 7.89. The zero-order valence-electron chi connectivity index (χ0n) is 12.8. The molecular formula is C14H22N2O4S. The number of carbonyl (C=O) groups excluding carboxylic acids is 1. The van der Waals surface area contributed by atoms with Gasteiger partial charge in [0.25, 0.3) is 0 Å². The van der Waals surface area contributed by atoms with Gasteiger partial charge in [0.1, 0.15) is 5.75 Å². The van der Waals surface area contributed by atoms with Gasteiger partial charge in [0.2, 0.25) is 15.9 Å². The first-order valence-corrected chi connectivity index (χ1v) is 8.22. The number of rotatable bonds is 6. The molecule has 0 aliphatic carbocycles. The number of nitrogens with two attached hydrogens (primary N) is 1. The monoisotopic (exact) mass is 314 g/mol. The second kappa shape index (κ2) is 6.91. The first-order chi connectivity index (χ1) is 9.61.